The second kappa shape index (κ2) is 8.70. The Bertz CT molecular complexity index is 1700. The van der Waals surface area contributed by atoms with Gasteiger partial charge in [0.15, 0.2) is 0 Å². The summed E-state index contributed by atoms with van der Waals surface area (Å²) in [4.78, 5) is 9.76. The second-order valence-corrected chi connectivity index (χ2v) is 10.8. The predicted molar refractivity (Wildman–Crippen MR) is 154 cm³/mol. The molecule has 38 heavy (non-hydrogen) atoms. The number of fused-ring (bicyclic) bond motifs is 6. The summed E-state index contributed by atoms with van der Waals surface area (Å²) < 4.78 is 4.82. The molecule has 0 spiro atoms. The Morgan fingerprint density at radius 2 is 0.947 bits per heavy atom. The lowest BCUT2D eigenvalue weighted by Gasteiger charge is -2.17. The lowest BCUT2D eigenvalue weighted by atomic mass is 9.95. The van der Waals surface area contributed by atoms with E-state index in [0.717, 1.165) is 37.3 Å². The first-order valence-corrected chi connectivity index (χ1v) is 14.0. The monoisotopic (exact) mass is 494 g/mol. The van der Waals surface area contributed by atoms with Gasteiger partial charge in [0.25, 0.3) is 0 Å². The lowest BCUT2D eigenvalue weighted by Crippen LogP contribution is -2.08. The average molecular weight is 495 g/mol. The third kappa shape index (κ3) is 3.29. The maximum Gasteiger partial charge on any atom is 0.137 e. The van der Waals surface area contributed by atoms with Crippen LogP contribution in [0.2, 0.25) is 0 Å². The molecule has 4 nitrogen and oxygen atoms in total. The fraction of sp³-hybridized carbons (Fsp3) is 0.235. The van der Waals surface area contributed by atoms with Gasteiger partial charge in [-0.25, -0.2) is 9.97 Å². The van der Waals surface area contributed by atoms with Crippen LogP contribution < -0.4 is 0 Å². The van der Waals surface area contributed by atoms with Crippen LogP contribution in [-0.2, 0) is 25.7 Å². The highest BCUT2D eigenvalue weighted by Gasteiger charge is 2.23. The van der Waals surface area contributed by atoms with Gasteiger partial charge in [0.2, 0.25) is 0 Å². The average Bonchev–Trinajstić information content (AvgIpc) is 3.51. The zero-order chi connectivity index (χ0) is 25.1. The van der Waals surface area contributed by atoms with E-state index < -0.39 is 0 Å². The molecule has 0 unspecified atom stereocenters. The third-order valence-corrected chi connectivity index (χ3v) is 8.64. The van der Waals surface area contributed by atoms with Crippen molar-refractivity contribution in [3.8, 4) is 22.8 Å². The van der Waals surface area contributed by atoms with Crippen molar-refractivity contribution in [2.24, 2.45) is 0 Å². The largest absolute Gasteiger partial charge is 0.298 e. The molecule has 4 heteroatoms. The normalized spacial score (nSPS) is 15.1. The fourth-order valence-electron chi connectivity index (χ4n) is 6.95. The van der Waals surface area contributed by atoms with Crippen LogP contribution in [0.4, 0.5) is 0 Å². The van der Waals surface area contributed by atoms with Crippen LogP contribution in [0.25, 0.3) is 44.6 Å². The van der Waals surface area contributed by atoms with Crippen molar-refractivity contribution < 1.29 is 0 Å². The summed E-state index contributed by atoms with van der Waals surface area (Å²) in [5.74, 6) is 2.01. The van der Waals surface area contributed by atoms with Crippen LogP contribution >= 0.6 is 0 Å². The fourth-order valence-corrected chi connectivity index (χ4v) is 6.95. The van der Waals surface area contributed by atoms with Crippen molar-refractivity contribution in [1.29, 1.82) is 0 Å². The number of pyridine rings is 2. The number of benzene rings is 2. The molecular weight excluding hydrogens is 464 g/mol. The first-order chi connectivity index (χ1) is 18.9. The van der Waals surface area contributed by atoms with Gasteiger partial charge in [-0.15, -0.1) is 0 Å². The number of aromatic nitrogens is 4. The van der Waals surface area contributed by atoms with E-state index in [2.05, 4.69) is 81.9 Å². The van der Waals surface area contributed by atoms with Gasteiger partial charge in [0.1, 0.15) is 11.6 Å². The zero-order valence-electron chi connectivity index (χ0n) is 21.5. The Hall–Kier alpha value is -4.18. The summed E-state index contributed by atoms with van der Waals surface area (Å²) in [6.07, 6.45) is 13.5. The van der Waals surface area contributed by atoms with E-state index in [0.29, 0.717) is 0 Å². The SMILES string of the molecule is c1ccc2c(c1)c1c(n2-c2cc(-c3ccnc(-n4c5c(c6ccccc64)CCCC5)c3)ccn2)CCCC1. The molecular formula is C34H30N4. The number of hydrogen-bond donors (Lipinski definition) is 0. The molecule has 0 saturated carbocycles. The van der Waals surface area contributed by atoms with Gasteiger partial charge in [0, 0.05) is 34.6 Å². The molecule has 0 bridgehead atoms. The molecule has 4 heterocycles. The van der Waals surface area contributed by atoms with E-state index in [1.807, 2.05) is 12.4 Å². The molecule has 2 aliphatic rings. The van der Waals surface area contributed by atoms with Gasteiger partial charge in [0.05, 0.1) is 11.0 Å². The van der Waals surface area contributed by atoms with Crippen LogP contribution in [0.3, 0.4) is 0 Å². The minimum atomic E-state index is 1.00. The number of rotatable bonds is 3. The lowest BCUT2D eigenvalue weighted by molar-refractivity contribution is 0.664. The number of nitrogens with zero attached hydrogens (tertiary/aromatic N) is 4. The summed E-state index contributed by atoms with van der Waals surface area (Å²) in [7, 11) is 0. The molecule has 0 N–H and O–H groups in total. The third-order valence-electron chi connectivity index (χ3n) is 8.64. The topological polar surface area (TPSA) is 35.6 Å². The number of hydrogen-bond acceptors (Lipinski definition) is 2. The minimum absolute atomic E-state index is 1.00. The van der Waals surface area contributed by atoms with Crippen molar-refractivity contribution in [3.05, 3.63) is 108 Å². The van der Waals surface area contributed by atoms with Crippen LogP contribution in [0.1, 0.15) is 48.2 Å². The highest BCUT2D eigenvalue weighted by Crippen LogP contribution is 2.36. The van der Waals surface area contributed by atoms with Crippen molar-refractivity contribution in [3.63, 3.8) is 0 Å². The van der Waals surface area contributed by atoms with Crippen LogP contribution in [0.15, 0.2) is 85.2 Å². The van der Waals surface area contributed by atoms with Crippen molar-refractivity contribution >= 4 is 21.8 Å². The van der Waals surface area contributed by atoms with Gasteiger partial charge >= 0.3 is 0 Å². The predicted octanol–water partition coefficient (Wildman–Crippen LogP) is 7.79. The summed E-state index contributed by atoms with van der Waals surface area (Å²) in [6.45, 7) is 0. The van der Waals surface area contributed by atoms with Crippen molar-refractivity contribution in [2.75, 3.05) is 0 Å². The Kier molecular flexibility index (Phi) is 5.00. The van der Waals surface area contributed by atoms with Gasteiger partial charge < -0.3 is 0 Å². The van der Waals surface area contributed by atoms with Crippen molar-refractivity contribution in [1.82, 2.24) is 19.1 Å². The molecule has 0 amide bonds. The highest BCUT2D eigenvalue weighted by molar-refractivity contribution is 5.89. The molecule has 0 saturated heterocycles. The standard InChI is InChI=1S/C34H30N4/c1-5-13-29-25(9-1)26-10-2-6-14-30(26)37(29)33-21-23(17-19-35-33)24-18-20-36-34(22-24)38-31-15-7-3-11-27(31)28-12-4-8-16-32(28)38/h1,3,5,7,9,11,13,15,17-22H,2,4,6,8,10,12,14,16H2. The minimum Gasteiger partial charge on any atom is -0.298 e. The second-order valence-electron chi connectivity index (χ2n) is 10.8. The summed E-state index contributed by atoms with van der Waals surface area (Å²) in [5, 5.41) is 2.76. The maximum atomic E-state index is 4.88. The molecule has 0 fully saturated rings. The van der Waals surface area contributed by atoms with Gasteiger partial charge in [-0.1, -0.05) is 36.4 Å². The van der Waals surface area contributed by atoms with Gasteiger partial charge in [-0.3, -0.25) is 9.13 Å². The van der Waals surface area contributed by atoms with Gasteiger partial charge in [-0.2, -0.15) is 0 Å². The smallest absolute Gasteiger partial charge is 0.137 e. The molecule has 186 valence electrons. The highest BCUT2D eigenvalue weighted by atomic mass is 15.1. The summed E-state index contributed by atoms with van der Waals surface area (Å²) in [6, 6.07) is 26.4. The molecule has 0 radical (unpaired) electrons. The molecule has 8 rings (SSSR count). The zero-order valence-corrected chi connectivity index (χ0v) is 21.5. The van der Waals surface area contributed by atoms with Crippen LogP contribution in [-0.4, -0.2) is 19.1 Å². The summed E-state index contributed by atoms with van der Waals surface area (Å²) in [5.41, 5.74) is 10.8. The first-order valence-electron chi connectivity index (χ1n) is 14.0. The van der Waals surface area contributed by atoms with E-state index in [1.54, 1.807) is 0 Å². The molecule has 0 aliphatic heterocycles. The van der Waals surface area contributed by atoms with E-state index in [4.69, 9.17) is 9.97 Å². The number of aryl methyl sites for hydroxylation is 2. The molecule has 6 aromatic rings. The molecule has 2 aliphatic carbocycles. The van der Waals surface area contributed by atoms with Crippen molar-refractivity contribution in [2.45, 2.75) is 51.4 Å². The Morgan fingerprint density at radius 1 is 0.500 bits per heavy atom. The maximum absolute atomic E-state index is 4.88. The van der Waals surface area contributed by atoms with Crippen LogP contribution in [0, 0.1) is 0 Å². The number of para-hydroxylation sites is 2. The Labute approximate surface area is 222 Å². The van der Waals surface area contributed by atoms with E-state index in [1.165, 1.54) is 81.1 Å². The summed E-state index contributed by atoms with van der Waals surface area (Å²) >= 11 is 0. The van der Waals surface area contributed by atoms with Crippen LogP contribution in [0.5, 0.6) is 0 Å². The molecule has 4 aromatic heterocycles. The van der Waals surface area contributed by atoms with Gasteiger partial charge in [-0.05, 0) is 110 Å². The Morgan fingerprint density at radius 3 is 1.45 bits per heavy atom. The first kappa shape index (κ1) is 21.9. The van der Waals surface area contributed by atoms with E-state index in [9.17, 15) is 0 Å². The molecule has 2 aromatic carbocycles. The molecule has 0 atom stereocenters. The van der Waals surface area contributed by atoms with E-state index >= 15 is 0 Å². The Balaban J connectivity index is 1.27. The van der Waals surface area contributed by atoms with E-state index in [-0.39, 0.29) is 0 Å². The quantitative estimate of drug-likeness (QED) is 0.252.